The number of nitrogens with zero attached hydrogens (tertiary/aromatic N) is 2. The molecule has 3 aliphatic rings. The van der Waals surface area contributed by atoms with Crippen molar-refractivity contribution in [1.82, 2.24) is 0 Å². The molecule has 3 heterocycles. The summed E-state index contributed by atoms with van der Waals surface area (Å²) in [6.07, 6.45) is 0. The normalized spacial score (nSPS) is 22.4. The fourth-order valence-electron chi connectivity index (χ4n) is 7.15. The van der Waals surface area contributed by atoms with Crippen molar-refractivity contribution < 1.29 is 43.3 Å². The second-order valence-electron chi connectivity index (χ2n) is 12.0. The van der Waals surface area contributed by atoms with Crippen LogP contribution in [-0.2, 0) is 28.7 Å². The number of esters is 1. The highest BCUT2D eigenvalue weighted by Crippen LogP contribution is 2.63. The second kappa shape index (κ2) is 12.0. The van der Waals surface area contributed by atoms with Crippen LogP contribution in [0.1, 0.15) is 28.4 Å². The van der Waals surface area contributed by atoms with E-state index in [1.54, 1.807) is 67.6 Å². The number of rotatable bonds is 8. The molecule has 4 aromatic rings. The molecule has 7 rings (SSSR count). The first kappa shape index (κ1) is 32.8. The molecule has 2 bridgehead atoms. The molecule has 4 aromatic carbocycles. The molecule has 12 heteroatoms. The lowest BCUT2D eigenvalue weighted by molar-refractivity contribution is -0.165. The van der Waals surface area contributed by atoms with E-state index < -0.39 is 57.9 Å². The van der Waals surface area contributed by atoms with E-state index in [1.807, 2.05) is 6.92 Å². The predicted molar refractivity (Wildman–Crippen MR) is 184 cm³/mol. The van der Waals surface area contributed by atoms with E-state index in [0.29, 0.717) is 16.8 Å². The van der Waals surface area contributed by atoms with Gasteiger partial charge in [0.15, 0.2) is 11.3 Å². The Morgan fingerprint density at radius 1 is 0.900 bits per heavy atom. The number of phenols is 1. The monoisotopic (exact) mass is 736 g/mol. The summed E-state index contributed by atoms with van der Waals surface area (Å²) in [5.41, 5.74) is -4.58. The van der Waals surface area contributed by atoms with Crippen molar-refractivity contribution in [2.45, 2.75) is 25.1 Å². The summed E-state index contributed by atoms with van der Waals surface area (Å²) in [7, 11) is 1.09. The Morgan fingerprint density at radius 2 is 1.56 bits per heavy atom. The van der Waals surface area contributed by atoms with Gasteiger partial charge in [-0.3, -0.25) is 29.0 Å². The van der Waals surface area contributed by atoms with E-state index in [4.69, 9.17) is 14.2 Å². The summed E-state index contributed by atoms with van der Waals surface area (Å²) in [4.78, 5) is 76.0. The smallest absolute Gasteiger partial charge is 0.373 e. The van der Waals surface area contributed by atoms with Gasteiger partial charge >= 0.3 is 17.6 Å². The highest BCUT2D eigenvalue weighted by atomic mass is 79.9. The van der Waals surface area contributed by atoms with Crippen molar-refractivity contribution in [2.24, 2.45) is 5.92 Å². The Labute approximate surface area is 294 Å². The van der Waals surface area contributed by atoms with E-state index in [0.717, 1.165) is 22.5 Å². The van der Waals surface area contributed by atoms with Crippen molar-refractivity contribution in [3.8, 4) is 11.5 Å². The number of carbonyl (C=O) groups is 5. The summed E-state index contributed by atoms with van der Waals surface area (Å²) in [6.45, 7) is 4.00. The van der Waals surface area contributed by atoms with E-state index >= 15 is 9.59 Å². The maximum atomic E-state index is 15.6. The number of anilines is 2. The minimum atomic E-state index is -2.60. The van der Waals surface area contributed by atoms with Crippen molar-refractivity contribution in [2.75, 3.05) is 23.5 Å². The third-order valence-electron chi connectivity index (χ3n) is 9.22. The first-order valence-electron chi connectivity index (χ1n) is 15.7. The first-order chi connectivity index (χ1) is 24.0. The van der Waals surface area contributed by atoms with Crippen LogP contribution in [0.2, 0.25) is 0 Å². The van der Waals surface area contributed by atoms with Crippen molar-refractivity contribution in [3.63, 3.8) is 0 Å². The number of aryl methyl sites for hydroxylation is 1. The van der Waals surface area contributed by atoms with Crippen LogP contribution in [0.5, 0.6) is 11.5 Å². The molecule has 1 spiro atoms. The van der Waals surface area contributed by atoms with Crippen LogP contribution in [-0.4, -0.2) is 59.4 Å². The number of halogens is 1. The third-order valence-corrected chi connectivity index (χ3v) is 9.75. The average Bonchev–Trinajstić information content (AvgIpc) is 3.44. The lowest BCUT2D eigenvalue weighted by atomic mass is 9.69. The van der Waals surface area contributed by atoms with Crippen molar-refractivity contribution in [3.05, 3.63) is 124 Å². The second-order valence-corrected chi connectivity index (χ2v) is 12.9. The molecule has 0 aromatic heterocycles. The molecule has 0 aliphatic carbocycles. The number of ether oxygens (including phenoxy) is 3. The van der Waals surface area contributed by atoms with Crippen LogP contribution in [0.4, 0.5) is 11.4 Å². The van der Waals surface area contributed by atoms with Crippen LogP contribution < -0.4 is 14.5 Å². The topological polar surface area (TPSA) is 140 Å². The van der Waals surface area contributed by atoms with Gasteiger partial charge in [0.2, 0.25) is 0 Å². The quantitative estimate of drug-likeness (QED) is 0.144. The largest absolute Gasteiger partial charge is 0.506 e. The number of benzene rings is 4. The number of hydrogen-bond donors (Lipinski definition) is 1. The van der Waals surface area contributed by atoms with Crippen molar-refractivity contribution >= 4 is 62.4 Å². The molecular weight excluding hydrogens is 708 g/mol. The molecule has 3 atom stereocenters. The van der Waals surface area contributed by atoms with Gasteiger partial charge in [-0.2, -0.15) is 0 Å². The fourth-order valence-corrected chi connectivity index (χ4v) is 7.41. The molecule has 2 saturated heterocycles. The minimum absolute atomic E-state index is 0.0312. The number of phenolic OH excluding ortho intramolecular Hbond substituents is 1. The highest BCUT2D eigenvalue weighted by Gasteiger charge is 2.85. The fraction of sp³-hybridized carbons (Fsp3) is 0.184. The summed E-state index contributed by atoms with van der Waals surface area (Å²) in [5, 5.41) is 11.2. The molecule has 2 amide bonds. The summed E-state index contributed by atoms with van der Waals surface area (Å²) >= 11 is 3.40. The standard InChI is InChI=1S/C38H29BrN2O9/c1-4-49-26-19-13-22(14-20-26)30(43)33-37-29(31(44)34(45)41(37)27-7-5-6-8-28(27)42)32(23-11-15-24(39)16-12-23)50-38(33,36(47)48-3)40(35(37)46)25-17-9-21(2)10-18-25/h5-20,33,42H,4H2,1-3H3. The van der Waals surface area contributed by atoms with Gasteiger partial charge in [-0.25, -0.2) is 4.79 Å². The molecule has 11 nitrogen and oxygen atoms in total. The van der Waals surface area contributed by atoms with Gasteiger partial charge in [-0.1, -0.05) is 57.9 Å². The van der Waals surface area contributed by atoms with Crippen LogP contribution in [0.15, 0.2) is 107 Å². The zero-order valence-corrected chi connectivity index (χ0v) is 28.6. The maximum absolute atomic E-state index is 15.6. The number of carbonyl (C=O) groups excluding carboxylic acids is 5. The number of para-hydroxylation sites is 2. The summed E-state index contributed by atoms with van der Waals surface area (Å²) in [5.74, 6) is -7.46. The number of methoxy groups -OCH3 is 1. The molecular formula is C38H29BrN2O9. The van der Waals surface area contributed by atoms with Crippen LogP contribution >= 0.6 is 15.9 Å². The number of Topliss-reactive ketones (excluding diaryl/α,β-unsaturated/α-hetero) is 2. The molecule has 252 valence electrons. The predicted octanol–water partition coefficient (Wildman–Crippen LogP) is 5.37. The molecule has 0 radical (unpaired) electrons. The SMILES string of the molecule is CCOc1ccc(C(=O)C2C3(C(=O)OC)OC(c4ccc(Br)cc4)=C4C(=O)C(=O)N(c5ccccc5O)C42C(=O)N3c2ccc(C)cc2)cc1. The number of amides is 2. The number of hydrogen-bond acceptors (Lipinski definition) is 9. The van der Waals surface area contributed by atoms with Crippen LogP contribution in [0, 0.1) is 12.8 Å². The molecule has 1 N–H and O–H groups in total. The van der Waals surface area contributed by atoms with Crippen molar-refractivity contribution in [1.29, 1.82) is 0 Å². The van der Waals surface area contributed by atoms with Gasteiger partial charge in [0.1, 0.15) is 23.2 Å². The molecule has 2 fully saturated rings. The van der Waals surface area contributed by atoms with Gasteiger partial charge in [0.05, 0.1) is 25.0 Å². The number of aromatic hydroxyl groups is 1. The Bertz CT molecular complexity index is 2130. The first-order valence-corrected chi connectivity index (χ1v) is 16.4. The van der Waals surface area contributed by atoms with Gasteiger partial charge in [-0.15, -0.1) is 0 Å². The van der Waals surface area contributed by atoms with E-state index in [1.165, 1.54) is 36.4 Å². The summed E-state index contributed by atoms with van der Waals surface area (Å²) in [6, 6.07) is 24.7. The molecule has 3 unspecified atom stereocenters. The lowest BCUT2D eigenvalue weighted by Crippen LogP contribution is -2.65. The van der Waals surface area contributed by atoms with E-state index in [9.17, 15) is 19.5 Å². The Hall–Kier alpha value is -5.75. The maximum Gasteiger partial charge on any atom is 0.373 e. The molecule has 3 aliphatic heterocycles. The minimum Gasteiger partial charge on any atom is -0.506 e. The zero-order chi connectivity index (χ0) is 35.5. The third kappa shape index (κ3) is 4.44. The van der Waals surface area contributed by atoms with E-state index in [-0.39, 0.29) is 28.3 Å². The number of ketones is 2. The Balaban J connectivity index is 1.64. The lowest BCUT2D eigenvalue weighted by Gasteiger charge is -2.45. The summed E-state index contributed by atoms with van der Waals surface area (Å²) < 4.78 is 18.3. The Morgan fingerprint density at radius 3 is 2.18 bits per heavy atom. The molecule has 0 saturated carbocycles. The van der Waals surface area contributed by atoms with E-state index in [2.05, 4.69) is 15.9 Å². The average molecular weight is 738 g/mol. The van der Waals surface area contributed by atoms with Crippen LogP contribution in [0.25, 0.3) is 5.76 Å². The number of fused-ring (bicyclic) bond motifs is 1. The molecule has 50 heavy (non-hydrogen) atoms. The zero-order valence-electron chi connectivity index (χ0n) is 27.0. The van der Waals surface area contributed by atoms with Gasteiger partial charge in [-0.05, 0) is 74.5 Å². The van der Waals surface area contributed by atoms with Gasteiger partial charge in [0, 0.05) is 21.3 Å². The highest BCUT2D eigenvalue weighted by molar-refractivity contribution is 9.10. The van der Waals surface area contributed by atoms with Gasteiger partial charge in [0.25, 0.3) is 11.7 Å². The van der Waals surface area contributed by atoms with Crippen LogP contribution in [0.3, 0.4) is 0 Å². The Kier molecular flexibility index (Phi) is 7.86. The van der Waals surface area contributed by atoms with Gasteiger partial charge < -0.3 is 19.3 Å².